The van der Waals surface area contributed by atoms with Crippen LogP contribution in [0, 0.1) is 0 Å². The van der Waals surface area contributed by atoms with Crippen molar-refractivity contribution in [1.29, 1.82) is 0 Å². The Morgan fingerprint density at radius 1 is 0.667 bits per heavy atom. The Kier molecular flexibility index (Phi) is 3.63. The second-order valence-electron chi connectivity index (χ2n) is 5.35. The fourth-order valence-corrected chi connectivity index (χ4v) is 1.79. The lowest BCUT2D eigenvalue weighted by Gasteiger charge is -2.23. The van der Waals surface area contributed by atoms with Crippen LogP contribution in [0.4, 0.5) is 5.69 Å². The van der Waals surface area contributed by atoms with Gasteiger partial charge in [-0.2, -0.15) is 0 Å². The van der Waals surface area contributed by atoms with Crippen LogP contribution < -0.4 is 4.48 Å². The Balaban J connectivity index is 2.14. The van der Waals surface area contributed by atoms with Crippen LogP contribution in [0.1, 0.15) is 11.1 Å². The van der Waals surface area contributed by atoms with Gasteiger partial charge in [0.25, 0.3) is 0 Å². The summed E-state index contributed by atoms with van der Waals surface area (Å²) in [5, 5.41) is 0. The average Bonchev–Trinajstić information content (AvgIpc) is 2.37. The van der Waals surface area contributed by atoms with Crippen LogP contribution in [-0.2, 0) is 0 Å². The summed E-state index contributed by atoms with van der Waals surface area (Å²) in [6, 6.07) is 19.1. The topological polar surface area (TPSA) is 0 Å². The highest BCUT2D eigenvalue weighted by Crippen LogP contribution is 2.18. The van der Waals surface area contributed by atoms with Gasteiger partial charge in [-0.1, -0.05) is 42.5 Å². The van der Waals surface area contributed by atoms with Crippen molar-refractivity contribution in [3.8, 4) is 0 Å². The van der Waals surface area contributed by atoms with E-state index >= 15 is 0 Å². The second-order valence-corrected chi connectivity index (χ2v) is 5.35. The van der Waals surface area contributed by atoms with Gasteiger partial charge in [-0.25, -0.2) is 0 Å². The van der Waals surface area contributed by atoms with Gasteiger partial charge in [-0.3, -0.25) is 4.48 Å². The van der Waals surface area contributed by atoms with Crippen molar-refractivity contribution in [1.82, 2.24) is 4.48 Å². The molecule has 0 bridgehead atoms. The first-order valence-electron chi connectivity index (χ1n) is 6.21. The molecule has 0 fully saturated rings. The van der Waals surface area contributed by atoms with E-state index in [4.69, 9.17) is 0 Å². The zero-order valence-electron chi connectivity index (χ0n) is 11.3. The molecule has 0 N–H and O–H groups in total. The Morgan fingerprint density at radius 2 is 1.17 bits per heavy atom. The highest BCUT2D eigenvalue weighted by atomic mass is 15.3. The lowest BCUT2D eigenvalue weighted by atomic mass is 10.1. The Hall–Kier alpha value is -1.86. The number of quaternary nitrogens is 1. The molecule has 1 heteroatoms. The maximum absolute atomic E-state index is 2.19. The number of benzene rings is 2. The van der Waals surface area contributed by atoms with Gasteiger partial charge in [0, 0.05) is 0 Å². The zero-order valence-corrected chi connectivity index (χ0v) is 11.3. The summed E-state index contributed by atoms with van der Waals surface area (Å²) >= 11 is 0. The summed E-state index contributed by atoms with van der Waals surface area (Å²) in [7, 11) is 6.53. The van der Waals surface area contributed by atoms with Gasteiger partial charge >= 0.3 is 0 Å². The average molecular weight is 238 g/mol. The molecule has 0 spiro atoms. The van der Waals surface area contributed by atoms with E-state index in [1.807, 2.05) is 6.07 Å². The number of hydrogen-bond acceptors (Lipinski definition) is 0. The minimum atomic E-state index is 0.850. The van der Waals surface area contributed by atoms with Crippen LogP contribution in [-0.4, -0.2) is 21.1 Å². The molecule has 2 rings (SSSR count). The molecule has 0 amide bonds. The lowest BCUT2D eigenvalue weighted by molar-refractivity contribution is 0.486. The molecule has 0 aliphatic carbocycles. The Morgan fingerprint density at radius 3 is 1.67 bits per heavy atom. The molecule has 0 heterocycles. The first-order chi connectivity index (χ1) is 8.55. The highest BCUT2D eigenvalue weighted by Gasteiger charge is 2.10. The summed E-state index contributed by atoms with van der Waals surface area (Å²) in [6.07, 6.45) is 4.29. The standard InChI is InChI=1S/C17H20N/c1-18(2,3)17-13-11-16(12-14-17)10-9-15-7-5-4-6-8-15/h4-14H,1-3H3/q+1/b10-9+. The van der Waals surface area contributed by atoms with Gasteiger partial charge in [0.05, 0.1) is 21.1 Å². The maximum Gasteiger partial charge on any atom is 0.132 e. The third kappa shape index (κ3) is 3.31. The van der Waals surface area contributed by atoms with Gasteiger partial charge in [-0.05, 0) is 35.4 Å². The van der Waals surface area contributed by atoms with Gasteiger partial charge in [0.1, 0.15) is 5.69 Å². The van der Waals surface area contributed by atoms with Crippen molar-refractivity contribution in [3.05, 3.63) is 65.7 Å². The van der Waals surface area contributed by atoms with E-state index in [1.54, 1.807) is 0 Å². The van der Waals surface area contributed by atoms with Crippen molar-refractivity contribution in [2.45, 2.75) is 0 Å². The van der Waals surface area contributed by atoms with Crippen LogP contribution >= 0.6 is 0 Å². The van der Waals surface area contributed by atoms with Crippen molar-refractivity contribution < 1.29 is 0 Å². The molecule has 2 aromatic rings. The van der Waals surface area contributed by atoms with Crippen molar-refractivity contribution in [2.24, 2.45) is 0 Å². The van der Waals surface area contributed by atoms with Gasteiger partial charge < -0.3 is 0 Å². The predicted octanol–water partition coefficient (Wildman–Crippen LogP) is 4.05. The van der Waals surface area contributed by atoms with E-state index in [2.05, 4.69) is 81.8 Å². The molecule has 1 nitrogen and oxygen atoms in total. The molecule has 0 aromatic heterocycles. The van der Waals surface area contributed by atoms with E-state index in [-0.39, 0.29) is 0 Å². The van der Waals surface area contributed by atoms with E-state index in [0.717, 1.165) is 4.48 Å². The number of rotatable bonds is 3. The number of nitrogens with zero attached hydrogens (tertiary/aromatic N) is 1. The van der Waals surface area contributed by atoms with Crippen LogP contribution in [0.2, 0.25) is 0 Å². The molecule has 0 aliphatic heterocycles. The summed E-state index contributed by atoms with van der Waals surface area (Å²) in [4.78, 5) is 0. The second kappa shape index (κ2) is 5.19. The summed E-state index contributed by atoms with van der Waals surface area (Å²) in [5.41, 5.74) is 3.77. The molecule has 18 heavy (non-hydrogen) atoms. The van der Waals surface area contributed by atoms with E-state index < -0.39 is 0 Å². The lowest BCUT2D eigenvalue weighted by Crippen LogP contribution is -2.34. The van der Waals surface area contributed by atoms with Crippen LogP contribution in [0.25, 0.3) is 12.2 Å². The predicted molar refractivity (Wildman–Crippen MR) is 81.4 cm³/mol. The third-order valence-electron chi connectivity index (χ3n) is 2.94. The molecular formula is C17H20N+. The first-order valence-corrected chi connectivity index (χ1v) is 6.21. The first kappa shape index (κ1) is 12.6. The SMILES string of the molecule is C[N+](C)(C)c1ccc(/C=C/c2ccccc2)cc1. The smallest absolute Gasteiger partial charge is 0.132 e. The molecule has 0 aliphatic rings. The molecule has 2 aromatic carbocycles. The fraction of sp³-hybridized carbons (Fsp3) is 0.176. The highest BCUT2D eigenvalue weighted by molar-refractivity contribution is 5.70. The molecule has 92 valence electrons. The van der Waals surface area contributed by atoms with Gasteiger partial charge in [0.2, 0.25) is 0 Å². The summed E-state index contributed by atoms with van der Waals surface area (Å²) in [5.74, 6) is 0. The van der Waals surface area contributed by atoms with Crippen molar-refractivity contribution >= 4 is 17.8 Å². The molecule has 0 saturated heterocycles. The van der Waals surface area contributed by atoms with E-state index in [0.29, 0.717) is 0 Å². The zero-order chi connectivity index (χ0) is 13.0. The monoisotopic (exact) mass is 238 g/mol. The van der Waals surface area contributed by atoms with E-state index in [9.17, 15) is 0 Å². The van der Waals surface area contributed by atoms with Crippen LogP contribution in [0.15, 0.2) is 54.6 Å². The Bertz CT molecular complexity index is 516. The quantitative estimate of drug-likeness (QED) is 0.559. The van der Waals surface area contributed by atoms with Gasteiger partial charge in [0.15, 0.2) is 0 Å². The minimum absolute atomic E-state index is 0.850. The molecule has 0 saturated carbocycles. The van der Waals surface area contributed by atoms with Crippen LogP contribution in [0.3, 0.4) is 0 Å². The Labute approximate surface area is 110 Å². The normalized spacial score (nSPS) is 11.9. The maximum atomic E-state index is 2.19. The van der Waals surface area contributed by atoms with Gasteiger partial charge in [-0.15, -0.1) is 0 Å². The van der Waals surface area contributed by atoms with Crippen molar-refractivity contribution in [2.75, 3.05) is 21.1 Å². The van der Waals surface area contributed by atoms with Crippen molar-refractivity contribution in [3.63, 3.8) is 0 Å². The van der Waals surface area contributed by atoms with Crippen LogP contribution in [0.5, 0.6) is 0 Å². The largest absolute Gasteiger partial charge is 0.298 e. The fourth-order valence-electron chi connectivity index (χ4n) is 1.79. The van der Waals surface area contributed by atoms with E-state index in [1.165, 1.54) is 16.8 Å². The molecule has 0 atom stereocenters. The molecule has 0 unspecified atom stereocenters. The molecule has 0 radical (unpaired) electrons. The summed E-state index contributed by atoms with van der Waals surface area (Å²) < 4.78 is 0.850. The molecular weight excluding hydrogens is 218 g/mol. The third-order valence-corrected chi connectivity index (χ3v) is 2.94. The minimum Gasteiger partial charge on any atom is -0.298 e. The number of hydrogen-bond donors (Lipinski definition) is 0. The summed E-state index contributed by atoms with van der Waals surface area (Å²) in [6.45, 7) is 0.